The van der Waals surface area contributed by atoms with Gasteiger partial charge < -0.3 is 19.7 Å². The Hall–Kier alpha value is -2.77. The van der Waals surface area contributed by atoms with Crippen molar-refractivity contribution in [1.82, 2.24) is 0 Å². The molecule has 0 aromatic rings. The van der Waals surface area contributed by atoms with E-state index >= 15 is 0 Å². The van der Waals surface area contributed by atoms with Gasteiger partial charge in [0.1, 0.15) is 12.7 Å². The number of aliphatic hydroxyl groups is 2. The summed E-state index contributed by atoms with van der Waals surface area (Å²) in [6.45, 7) is 1.65. The number of Topliss-reactive ketones (excluding diaryl/α,β-unsaturated/α-hetero) is 1. The lowest BCUT2D eigenvalue weighted by Gasteiger charge is -2.15. The van der Waals surface area contributed by atoms with Gasteiger partial charge in [0, 0.05) is 6.42 Å². The second-order valence-electron chi connectivity index (χ2n) is 7.51. The summed E-state index contributed by atoms with van der Waals surface area (Å²) in [5, 5.41) is 19.0. The van der Waals surface area contributed by atoms with E-state index in [0.717, 1.165) is 38.5 Å². The highest BCUT2D eigenvalue weighted by Crippen LogP contribution is 2.15. The molecule has 1 aliphatic heterocycles. The van der Waals surface area contributed by atoms with Crippen molar-refractivity contribution in [2.75, 3.05) is 6.61 Å². The third-order valence-corrected chi connectivity index (χ3v) is 4.69. The average Bonchev–Trinajstić information content (AvgIpc) is 3.06. The molecule has 1 saturated heterocycles. The number of esters is 2. The molecule has 1 fully saturated rings. The van der Waals surface area contributed by atoms with Crippen LogP contribution in [0, 0.1) is 0 Å². The van der Waals surface area contributed by atoms with Gasteiger partial charge in [-0.15, -0.1) is 0 Å². The molecule has 0 radical (unpaired) electrons. The van der Waals surface area contributed by atoms with E-state index in [2.05, 4.69) is 60.3 Å². The maximum atomic E-state index is 11.7. The highest BCUT2D eigenvalue weighted by atomic mass is 16.6. The Labute approximate surface area is 196 Å². The monoisotopic (exact) mass is 460 g/mol. The summed E-state index contributed by atoms with van der Waals surface area (Å²) < 4.78 is 9.48. The van der Waals surface area contributed by atoms with Gasteiger partial charge in [-0.1, -0.05) is 67.7 Å². The lowest BCUT2D eigenvalue weighted by molar-refractivity contribution is -0.156. The zero-order valence-corrected chi connectivity index (χ0v) is 19.3. The van der Waals surface area contributed by atoms with Crippen LogP contribution in [0.4, 0.5) is 0 Å². The number of hydrogen-bond donors (Lipinski definition) is 2. The van der Waals surface area contributed by atoms with Crippen LogP contribution >= 0.6 is 0 Å². The molecule has 0 aromatic carbocycles. The number of ketones is 1. The molecule has 3 atom stereocenters. The van der Waals surface area contributed by atoms with Crippen molar-refractivity contribution in [3.05, 3.63) is 60.8 Å². The quantitative estimate of drug-likeness (QED) is 0.156. The molecule has 33 heavy (non-hydrogen) atoms. The number of hydrogen-bond acceptors (Lipinski definition) is 7. The molecule has 0 saturated carbocycles. The van der Waals surface area contributed by atoms with Gasteiger partial charge in [-0.3, -0.25) is 9.59 Å². The van der Waals surface area contributed by atoms with Gasteiger partial charge in [0.05, 0.1) is 0 Å². The molecule has 7 heteroatoms. The van der Waals surface area contributed by atoms with Gasteiger partial charge in [-0.25, -0.2) is 4.79 Å². The summed E-state index contributed by atoms with van der Waals surface area (Å²) in [4.78, 5) is 34.3. The summed E-state index contributed by atoms with van der Waals surface area (Å²) in [5.41, 5.74) is 0. The van der Waals surface area contributed by atoms with Crippen LogP contribution in [-0.2, 0) is 23.9 Å². The molecule has 1 heterocycles. The molecule has 2 N–H and O–H groups in total. The molecule has 1 rings (SSSR count). The van der Waals surface area contributed by atoms with Crippen LogP contribution in [0.1, 0.15) is 58.3 Å². The van der Waals surface area contributed by atoms with E-state index in [1.165, 1.54) is 0 Å². The van der Waals surface area contributed by atoms with Crippen molar-refractivity contribution in [3.63, 3.8) is 0 Å². The Bertz CT molecular complexity index is 746. The number of aliphatic hydroxyl groups excluding tert-OH is 2. The summed E-state index contributed by atoms with van der Waals surface area (Å²) in [5.74, 6) is -2.55. The summed E-state index contributed by atoms with van der Waals surface area (Å²) in [7, 11) is 0. The molecule has 7 nitrogen and oxygen atoms in total. The van der Waals surface area contributed by atoms with Crippen LogP contribution < -0.4 is 0 Å². The molecule has 0 aliphatic carbocycles. The fourth-order valence-corrected chi connectivity index (χ4v) is 2.86. The van der Waals surface area contributed by atoms with E-state index in [1.807, 2.05) is 12.2 Å². The molecule has 1 aliphatic rings. The summed E-state index contributed by atoms with van der Waals surface area (Å²) in [6, 6.07) is 0. The van der Waals surface area contributed by atoms with Crippen LogP contribution in [0.2, 0.25) is 0 Å². The maximum absolute atomic E-state index is 11.7. The van der Waals surface area contributed by atoms with E-state index in [-0.39, 0.29) is 6.42 Å². The van der Waals surface area contributed by atoms with Crippen molar-refractivity contribution < 1.29 is 34.1 Å². The third-order valence-electron chi connectivity index (χ3n) is 4.69. The normalized spacial score (nSPS) is 20.2. The highest BCUT2D eigenvalue weighted by Gasteiger charge is 2.46. The number of rotatable bonds is 16. The second kappa shape index (κ2) is 17.7. The number of carbonyl (C=O) groups is 3. The smallest absolute Gasteiger partial charge is 0.343 e. The van der Waals surface area contributed by atoms with E-state index < -0.39 is 42.6 Å². The molecular weight excluding hydrogens is 424 g/mol. The van der Waals surface area contributed by atoms with Crippen molar-refractivity contribution in [1.29, 1.82) is 0 Å². The van der Waals surface area contributed by atoms with Crippen molar-refractivity contribution >= 4 is 17.7 Å². The SMILES string of the molecule is CCC=CCC=CCC=CCC=CCC=CCCCC(=O)OCC(O)C1OC(=O)C(O)C1=O. The summed E-state index contributed by atoms with van der Waals surface area (Å²) in [6.07, 6.45) is 22.6. The number of allylic oxidation sites excluding steroid dienone is 10. The zero-order valence-electron chi connectivity index (χ0n) is 19.3. The molecule has 0 amide bonds. The maximum Gasteiger partial charge on any atom is 0.343 e. The minimum atomic E-state index is -1.89. The Balaban J connectivity index is 2.03. The Morgan fingerprint density at radius 3 is 1.94 bits per heavy atom. The first-order valence-corrected chi connectivity index (χ1v) is 11.5. The predicted molar refractivity (Wildman–Crippen MR) is 126 cm³/mol. The van der Waals surface area contributed by atoms with Gasteiger partial charge in [-0.2, -0.15) is 0 Å². The van der Waals surface area contributed by atoms with Crippen LogP contribution in [0.5, 0.6) is 0 Å². The van der Waals surface area contributed by atoms with E-state index in [0.29, 0.717) is 6.42 Å². The molecular formula is C26H36O7. The van der Waals surface area contributed by atoms with Crippen LogP contribution in [-0.4, -0.2) is 52.9 Å². The second-order valence-corrected chi connectivity index (χ2v) is 7.51. The van der Waals surface area contributed by atoms with Crippen molar-refractivity contribution in [2.45, 2.75) is 76.6 Å². The Morgan fingerprint density at radius 2 is 1.45 bits per heavy atom. The third kappa shape index (κ3) is 12.7. The fraction of sp³-hybridized carbons (Fsp3) is 0.500. The lowest BCUT2D eigenvalue weighted by Crippen LogP contribution is -2.38. The van der Waals surface area contributed by atoms with Gasteiger partial charge in [0.25, 0.3) is 0 Å². The minimum absolute atomic E-state index is 0.169. The number of carbonyl (C=O) groups excluding carboxylic acids is 3. The van der Waals surface area contributed by atoms with Crippen LogP contribution in [0.25, 0.3) is 0 Å². The van der Waals surface area contributed by atoms with E-state index in [1.54, 1.807) is 0 Å². The number of cyclic esters (lactones) is 1. The highest BCUT2D eigenvalue weighted by molar-refractivity contribution is 6.09. The minimum Gasteiger partial charge on any atom is -0.463 e. The van der Waals surface area contributed by atoms with E-state index in [4.69, 9.17) is 4.74 Å². The predicted octanol–water partition coefficient (Wildman–Crippen LogP) is 3.67. The first-order chi connectivity index (χ1) is 16.0. The lowest BCUT2D eigenvalue weighted by atomic mass is 10.1. The average molecular weight is 461 g/mol. The molecule has 3 unspecified atom stereocenters. The molecule has 0 bridgehead atoms. The van der Waals surface area contributed by atoms with Crippen LogP contribution in [0.3, 0.4) is 0 Å². The van der Waals surface area contributed by atoms with Crippen molar-refractivity contribution in [2.24, 2.45) is 0 Å². The number of ether oxygens (including phenoxy) is 2. The van der Waals surface area contributed by atoms with Crippen molar-refractivity contribution in [3.8, 4) is 0 Å². The molecule has 0 spiro atoms. The zero-order chi connectivity index (χ0) is 24.3. The first kappa shape index (κ1) is 28.3. The Morgan fingerprint density at radius 1 is 0.939 bits per heavy atom. The largest absolute Gasteiger partial charge is 0.463 e. The van der Waals surface area contributed by atoms with Crippen LogP contribution in [0.15, 0.2) is 60.8 Å². The summed E-state index contributed by atoms with van der Waals surface area (Å²) >= 11 is 0. The number of unbranched alkanes of at least 4 members (excludes halogenated alkanes) is 1. The standard InChI is InChI=1S/C26H36O7/c1-2-3-4-5-6-7-8-9-10-11-12-13-14-15-16-17-18-19-22(28)32-20-21(27)25-23(29)24(30)26(31)33-25/h3-4,6-7,9-10,12-13,15-16,21,24-25,27,30H,2,5,8,11,14,17-20H2,1H3. The van der Waals surface area contributed by atoms with Gasteiger partial charge in [0.15, 0.2) is 6.10 Å². The van der Waals surface area contributed by atoms with E-state index in [9.17, 15) is 24.6 Å². The van der Waals surface area contributed by atoms with Gasteiger partial charge in [0.2, 0.25) is 11.9 Å². The first-order valence-electron chi connectivity index (χ1n) is 11.5. The molecule has 0 aromatic heterocycles. The van der Waals surface area contributed by atoms with Gasteiger partial charge in [-0.05, 0) is 44.9 Å². The molecule has 182 valence electrons. The van der Waals surface area contributed by atoms with Gasteiger partial charge >= 0.3 is 11.9 Å². The Kier molecular flexibility index (Phi) is 15.2. The topological polar surface area (TPSA) is 110 Å². The fourth-order valence-electron chi connectivity index (χ4n) is 2.86.